The van der Waals surface area contributed by atoms with Crippen LogP contribution in [0.5, 0.6) is 0 Å². The Bertz CT molecular complexity index is 551. The van der Waals surface area contributed by atoms with Crippen LogP contribution < -0.4 is 4.89 Å². The van der Waals surface area contributed by atoms with Crippen molar-refractivity contribution in [1.29, 1.82) is 0 Å². The molecular formula is C40H86NO4P. The third kappa shape index (κ3) is 35.4. The van der Waals surface area contributed by atoms with Crippen molar-refractivity contribution in [3.63, 3.8) is 0 Å². The van der Waals surface area contributed by atoms with E-state index in [0.717, 1.165) is 25.7 Å². The first-order valence-corrected chi connectivity index (χ1v) is 22.3. The highest BCUT2D eigenvalue weighted by molar-refractivity contribution is 7.45. The Balaban J connectivity index is 0. The Labute approximate surface area is 291 Å². The molecule has 0 aromatic carbocycles. The van der Waals surface area contributed by atoms with E-state index in [4.69, 9.17) is 9.05 Å². The van der Waals surface area contributed by atoms with Gasteiger partial charge in [-0.15, -0.1) is 0 Å². The topological polar surface area (TPSA) is 58.6 Å². The fourth-order valence-corrected chi connectivity index (χ4v) is 6.99. The Morgan fingerprint density at radius 2 is 0.587 bits per heavy atom. The summed E-state index contributed by atoms with van der Waals surface area (Å²) in [6, 6.07) is 0. The van der Waals surface area contributed by atoms with E-state index in [9.17, 15) is 9.46 Å². The third-order valence-corrected chi connectivity index (χ3v) is 10.4. The number of quaternary nitrogens is 1. The number of hydrogen-bond acceptors (Lipinski definition) is 4. The van der Waals surface area contributed by atoms with E-state index in [1.54, 1.807) is 0 Å². The van der Waals surface area contributed by atoms with Crippen LogP contribution in [-0.4, -0.2) is 43.9 Å². The van der Waals surface area contributed by atoms with Crippen molar-refractivity contribution in [2.24, 2.45) is 0 Å². The summed E-state index contributed by atoms with van der Waals surface area (Å²) >= 11 is 0. The predicted octanol–water partition coefficient (Wildman–Crippen LogP) is 13.3. The van der Waals surface area contributed by atoms with Crippen molar-refractivity contribution in [2.45, 2.75) is 221 Å². The van der Waals surface area contributed by atoms with Gasteiger partial charge < -0.3 is 18.4 Å². The van der Waals surface area contributed by atoms with Gasteiger partial charge in [0.25, 0.3) is 7.82 Å². The number of unbranched alkanes of at least 4 members (excludes halogenated alkanes) is 22. The molecule has 0 aliphatic carbocycles. The first-order valence-electron chi connectivity index (χ1n) is 20.8. The van der Waals surface area contributed by atoms with Crippen LogP contribution >= 0.6 is 7.82 Å². The van der Waals surface area contributed by atoms with Gasteiger partial charge in [-0.2, -0.15) is 0 Å². The van der Waals surface area contributed by atoms with E-state index in [-0.39, 0.29) is 13.2 Å². The van der Waals surface area contributed by atoms with Crippen LogP contribution in [0.2, 0.25) is 0 Å². The van der Waals surface area contributed by atoms with E-state index in [1.165, 1.54) is 185 Å². The molecule has 0 saturated carbocycles. The maximum Gasteiger partial charge on any atom is 0.267 e. The van der Waals surface area contributed by atoms with Gasteiger partial charge in [-0.25, -0.2) is 0 Å². The lowest BCUT2D eigenvalue weighted by atomic mass is 10.1. The zero-order valence-electron chi connectivity index (χ0n) is 32.6. The minimum atomic E-state index is -4.10. The van der Waals surface area contributed by atoms with Gasteiger partial charge in [0.1, 0.15) is 0 Å². The van der Waals surface area contributed by atoms with Crippen molar-refractivity contribution in [2.75, 3.05) is 39.4 Å². The zero-order chi connectivity index (χ0) is 34.5. The van der Waals surface area contributed by atoms with E-state index >= 15 is 0 Å². The van der Waals surface area contributed by atoms with Crippen LogP contribution in [-0.2, 0) is 13.6 Å². The third-order valence-electron chi connectivity index (χ3n) is 9.44. The summed E-state index contributed by atoms with van der Waals surface area (Å²) < 4.78 is 23.1. The number of phosphoric acid groups is 1. The standard InChI is InChI=1S/C24H51O4P.C16H36N/c1-3-5-7-9-11-13-15-17-19-21-23-27-29(25,26)28-24-22-20-18-16-14-12-10-8-6-4-2;1-5-9-13-17(14-10-6-2,15-11-7-3)16-12-8-4/h3-24H2,1-2H3,(H,25,26);5-16H2,1-4H3/q;+1/p-1. The molecule has 0 spiro atoms. The molecule has 0 atom stereocenters. The van der Waals surface area contributed by atoms with Crippen LogP contribution in [0.4, 0.5) is 0 Å². The fourth-order valence-electron chi connectivity index (χ4n) is 6.21. The van der Waals surface area contributed by atoms with Crippen molar-refractivity contribution in [3.05, 3.63) is 0 Å². The second-order valence-corrected chi connectivity index (χ2v) is 15.5. The predicted molar refractivity (Wildman–Crippen MR) is 203 cm³/mol. The molecule has 0 aromatic heterocycles. The summed E-state index contributed by atoms with van der Waals surface area (Å²) in [6.07, 6.45) is 35.6. The molecule has 0 fully saturated rings. The van der Waals surface area contributed by atoms with Gasteiger partial charge in [-0.3, -0.25) is 4.57 Å². The van der Waals surface area contributed by atoms with Crippen molar-refractivity contribution < 1.29 is 23.0 Å². The smallest absolute Gasteiger partial charge is 0.267 e. The lowest BCUT2D eigenvalue weighted by Crippen LogP contribution is -2.50. The van der Waals surface area contributed by atoms with E-state index in [1.807, 2.05) is 0 Å². The summed E-state index contributed by atoms with van der Waals surface area (Å²) in [6.45, 7) is 20.0. The first-order chi connectivity index (χ1) is 22.4. The van der Waals surface area contributed by atoms with Gasteiger partial charge >= 0.3 is 0 Å². The van der Waals surface area contributed by atoms with Crippen LogP contribution in [0, 0.1) is 0 Å². The van der Waals surface area contributed by atoms with E-state index < -0.39 is 7.82 Å². The maximum absolute atomic E-state index is 11.7. The van der Waals surface area contributed by atoms with Gasteiger partial charge in [0.05, 0.1) is 39.4 Å². The molecule has 280 valence electrons. The molecule has 0 rings (SSSR count). The summed E-state index contributed by atoms with van der Waals surface area (Å²) in [5.41, 5.74) is 0. The number of rotatable bonds is 36. The zero-order valence-corrected chi connectivity index (χ0v) is 33.5. The molecule has 0 N–H and O–H groups in total. The van der Waals surface area contributed by atoms with Crippen LogP contribution in [0.1, 0.15) is 221 Å². The van der Waals surface area contributed by atoms with Crippen LogP contribution in [0.3, 0.4) is 0 Å². The fraction of sp³-hybridized carbons (Fsp3) is 1.00. The normalized spacial score (nSPS) is 12.0. The summed E-state index contributed by atoms with van der Waals surface area (Å²) in [7, 11) is -4.10. The number of phosphoric ester groups is 1. The molecule has 0 bridgehead atoms. The average Bonchev–Trinajstić information content (AvgIpc) is 3.05. The van der Waals surface area contributed by atoms with Gasteiger partial charge in [0.15, 0.2) is 0 Å². The summed E-state index contributed by atoms with van der Waals surface area (Å²) in [5, 5.41) is 0. The molecule has 0 aliphatic heterocycles. The molecule has 0 aromatic rings. The van der Waals surface area contributed by atoms with Gasteiger partial charge in [-0.05, 0) is 38.5 Å². The highest BCUT2D eigenvalue weighted by atomic mass is 31.2. The van der Waals surface area contributed by atoms with Crippen molar-refractivity contribution >= 4 is 7.82 Å². The second-order valence-electron chi connectivity index (χ2n) is 14.1. The SMILES string of the molecule is CCCCCCCCCCCCOP(=O)([O-])OCCCCCCCCCCCC.CCCC[N+](CCCC)(CCCC)CCCC. The second kappa shape index (κ2) is 37.9. The largest absolute Gasteiger partial charge is 0.756 e. The molecule has 0 radical (unpaired) electrons. The molecule has 46 heavy (non-hydrogen) atoms. The Kier molecular flexibility index (Phi) is 39.7. The molecule has 0 unspecified atom stereocenters. The quantitative estimate of drug-likeness (QED) is 0.0377. The number of hydrogen-bond donors (Lipinski definition) is 0. The highest BCUT2D eigenvalue weighted by Crippen LogP contribution is 2.38. The molecule has 5 nitrogen and oxygen atoms in total. The molecule has 0 heterocycles. The number of nitrogens with zero attached hydrogens (tertiary/aromatic N) is 1. The molecular weight excluding hydrogens is 589 g/mol. The lowest BCUT2D eigenvalue weighted by Gasteiger charge is -2.39. The van der Waals surface area contributed by atoms with E-state index in [2.05, 4.69) is 41.5 Å². The van der Waals surface area contributed by atoms with Crippen LogP contribution in [0.25, 0.3) is 0 Å². The Morgan fingerprint density at radius 1 is 0.370 bits per heavy atom. The minimum absolute atomic E-state index is 0.259. The minimum Gasteiger partial charge on any atom is -0.756 e. The van der Waals surface area contributed by atoms with E-state index in [0.29, 0.717) is 0 Å². The molecule has 0 aliphatic rings. The Hall–Kier alpha value is 0.0700. The molecule has 0 saturated heterocycles. The van der Waals surface area contributed by atoms with Gasteiger partial charge in [0.2, 0.25) is 0 Å². The van der Waals surface area contributed by atoms with Gasteiger partial charge in [-0.1, -0.05) is 183 Å². The monoisotopic (exact) mass is 676 g/mol. The van der Waals surface area contributed by atoms with Crippen molar-refractivity contribution in [3.8, 4) is 0 Å². The summed E-state index contributed by atoms with van der Waals surface area (Å²) in [4.78, 5) is 11.7. The average molecular weight is 676 g/mol. The summed E-state index contributed by atoms with van der Waals surface area (Å²) in [5.74, 6) is 0. The molecule has 0 amide bonds. The highest BCUT2D eigenvalue weighted by Gasteiger charge is 2.24. The van der Waals surface area contributed by atoms with Crippen molar-refractivity contribution in [1.82, 2.24) is 0 Å². The maximum atomic E-state index is 11.7. The molecule has 6 heteroatoms. The van der Waals surface area contributed by atoms with Gasteiger partial charge in [0, 0.05) is 0 Å². The van der Waals surface area contributed by atoms with Crippen LogP contribution in [0.15, 0.2) is 0 Å². The lowest BCUT2D eigenvalue weighted by molar-refractivity contribution is -0.929. The first kappa shape index (κ1) is 48.2. The Morgan fingerprint density at radius 3 is 0.826 bits per heavy atom.